The van der Waals surface area contributed by atoms with Gasteiger partial charge in [0.15, 0.2) is 0 Å². The van der Waals surface area contributed by atoms with Crippen LogP contribution in [0.3, 0.4) is 0 Å². The van der Waals surface area contributed by atoms with Crippen LogP contribution in [0.2, 0.25) is 0 Å². The summed E-state index contributed by atoms with van der Waals surface area (Å²) in [5.41, 5.74) is 3.59. The van der Waals surface area contributed by atoms with Gasteiger partial charge in [0.2, 0.25) is 0 Å². The zero-order chi connectivity index (χ0) is 10.1. The molecule has 2 rings (SSSR count). The van der Waals surface area contributed by atoms with E-state index in [0.717, 1.165) is 18.4 Å². The number of hydrogen-bond acceptors (Lipinski definition) is 2. The number of aliphatic hydroxyl groups excluding tert-OH is 1. The Morgan fingerprint density at radius 2 is 2.21 bits per heavy atom. The summed E-state index contributed by atoms with van der Waals surface area (Å²) in [5.74, 6) is 0. The Morgan fingerprint density at radius 3 is 2.71 bits per heavy atom. The van der Waals surface area contributed by atoms with Crippen LogP contribution in [0.25, 0.3) is 0 Å². The Hall–Kier alpha value is -0.600. The average molecular weight is 208 g/mol. The predicted octanol–water partition coefficient (Wildman–Crippen LogP) is 3.51. The first-order chi connectivity index (χ1) is 6.70. The highest BCUT2D eigenvalue weighted by Crippen LogP contribution is 2.34. The van der Waals surface area contributed by atoms with Crippen LogP contribution in [0.1, 0.15) is 41.4 Å². The fraction of sp³-hybridized carbons (Fsp3) is 0.500. The van der Waals surface area contributed by atoms with Crippen LogP contribution >= 0.6 is 11.3 Å². The van der Waals surface area contributed by atoms with Crippen molar-refractivity contribution in [3.8, 4) is 0 Å². The monoisotopic (exact) mass is 208 g/mol. The van der Waals surface area contributed by atoms with Crippen LogP contribution in [0.15, 0.2) is 17.0 Å². The molecule has 2 heteroatoms. The molecular formula is C12H16OS. The SMILES string of the molecule is Cc1scc(C(O)C2=CCCC2)c1C. The van der Waals surface area contributed by atoms with Crippen molar-refractivity contribution in [2.24, 2.45) is 0 Å². The van der Waals surface area contributed by atoms with Crippen LogP contribution in [0.5, 0.6) is 0 Å². The lowest BCUT2D eigenvalue weighted by atomic mass is 10.00. The number of aryl methyl sites for hydroxylation is 1. The molecule has 0 spiro atoms. The summed E-state index contributed by atoms with van der Waals surface area (Å²) in [6.07, 6.45) is 5.25. The summed E-state index contributed by atoms with van der Waals surface area (Å²) in [4.78, 5) is 1.32. The molecule has 1 N–H and O–H groups in total. The van der Waals surface area contributed by atoms with Gasteiger partial charge < -0.3 is 5.11 Å². The van der Waals surface area contributed by atoms with Crippen molar-refractivity contribution >= 4 is 11.3 Å². The van der Waals surface area contributed by atoms with Gasteiger partial charge in [0.25, 0.3) is 0 Å². The van der Waals surface area contributed by atoms with E-state index in [-0.39, 0.29) is 6.10 Å². The first-order valence-electron chi connectivity index (χ1n) is 5.11. The molecule has 14 heavy (non-hydrogen) atoms. The molecule has 1 aromatic rings. The molecule has 1 unspecified atom stereocenters. The fourth-order valence-corrected chi connectivity index (χ4v) is 2.85. The zero-order valence-corrected chi connectivity index (χ0v) is 9.53. The van der Waals surface area contributed by atoms with Crippen LogP contribution < -0.4 is 0 Å². The van der Waals surface area contributed by atoms with Gasteiger partial charge >= 0.3 is 0 Å². The van der Waals surface area contributed by atoms with Gasteiger partial charge in [0.05, 0.1) is 0 Å². The molecule has 0 bridgehead atoms. The molecule has 1 heterocycles. The van der Waals surface area contributed by atoms with E-state index in [4.69, 9.17) is 0 Å². The Balaban J connectivity index is 2.26. The van der Waals surface area contributed by atoms with Crippen LogP contribution in [-0.4, -0.2) is 5.11 Å². The van der Waals surface area contributed by atoms with Crippen molar-refractivity contribution < 1.29 is 5.11 Å². The minimum atomic E-state index is -0.345. The number of hydrogen-bond donors (Lipinski definition) is 1. The lowest BCUT2D eigenvalue weighted by Crippen LogP contribution is -2.00. The normalized spacial score (nSPS) is 18.4. The van der Waals surface area contributed by atoms with Gasteiger partial charge in [-0.3, -0.25) is 0 Å². The highest BCUT2D eigenvalue weighted by molar-refractivity contribution is 7.10. The molecule has 0 aliphatic heterocycles. The summed E-state index contributed by atoms with van der Waals surface area (Å²) in [5, 5.41) is 12.2. The van der Waals surface area contributed by atoms with Crippen LogP contribution in [-0.2, 0) is 0 Å². The molecule has 0 fully saturated rings. The second kappa shape index (κ2) is 3.87. The van der Waals surface area contributed by atoms with E-state index in [1.165, 1.54) is 22.4 Å². The van der Waals surface area contributed by atoms with Gasteiger partial charge in [-0.15, -0.1) is 11.3 Å². The van der Waals surface area contributed by atoms with Crippen molar-refractivity contribution in [2.45, 2.75) is 39.2 Å². The van der Waals surface area contributed by atoms with E-state index in [0.29, 0.717) is 0 Å². The Morgan fingerprint density at radius 1 is 1.43 bits per heavy atom. The largest absolute Gasteiger partial charge is 0.384 e. The Labute approximate surface area is 89.1 Å². The number of aliphatic hydroxyl groups is 1. The summed E-state index contributed by atoms with van der Waals surface area (Å²) >= 11 is 1.73. The smallest absolute Gasteiger partial charge is 0.101 e. The molecule has 1 atom stereocenters. The maximum atomic E-state index is 10.2. The zero-order valence-electron chi connectivity index (χ0n) is 8.71. The average Bonchev–Trinajstić information content (AvgIpc) is 2.77. The van der Waals surface area contributed by atoms with Crippen LogP contribution in [0.4, 0.5) is 0 Å². The van der Waals surface area contributed by atoms with Gasteiger partial charge in [-0.2, -0.15) is 0 Å². The third kappa shape index (κ3) is 1.64. The van der Waals surface area contributed by atoms with Crippen molar-refractivity contribution in [3.63, 3.8) is 0 Å². The van der Waals surface area contributed by atoms with Crippen molar-refractivity contribution in [1.29, 1.82) is 0 Å². The fourth-order valence-electron chi connectivity index (χ4n) is 1.95. The first-order valence-corrected chi connectivity index (χ1v) is 5.99. The topological polar surface area (TPSA) is 20.2 Å². The molecule has 0 amide bonds. The second-order valence-electron chi connectivity index (χ2n) is 3.95. The van der Waals surface area contributed by atoms with Crippen molar-refractivity contribution in [2.75, 3.05) is 0 Å². The molecular weight excluding hydrogens is 192 g/mol. The Bertz CT molecular complexity index is 362. The van der Waals surface area contributed by atoms with E-state index in [1.54, 1.807) is 11.3 Å². The van der Waals surface area contributed by atoms with E-state index in [2.05, 4.69) is 25.3 Å². The summed E-state index contributed by atoms with van der Waals surface area (Å²) < 4.78 is 0. The first kappa shape index (κ1) is 9.94. The lowest BCUT2D eigenvalue weighted by molar-refractivity contribution is 0.212. The standard InChI is InChI=1S/C12H16OS/c1-8-9(2)14-7-11(8)12(13)10-5-3-4-6-10/h5,7,12-13H,3-4,6H2,1-2H3. The van der Waals surface area contributed by atoms with E-state index in [1.807, 2.05) is 0 Å². The molecule has 0 aromatic carbocycles. The van der Waals surface area contributed by atoms with Crippen LogP contribution in [0, 0.1) is 13.8 Å². The summed E-state index contributed by atoms with van der Waals surface area (Å²) in [6.45, 7) is 4.21. The summed E-state index contributed by atoms with van der Waals surface area (Å²) in [6, 6.07) is 0. The van der Waals surface area contributed by atoms with Gasteiger partial charge in [-0.1, -0.05) is 6.08 Å². The van der Waals surface area contributed by atoms with E-state index < -0.39 is 0 Å². The highest BCUT2D eigenvalue weighted by atomic mass is 32.1. The maximum Gasteiger partial charge on any atom is 0.101 e. The maximum absolute atomic E-state index is 10.2. The van der Waals surface area contributed by atoms with Gasteiger partial charge in [-0.25, -0.2) is 0 Å². The molecule has 1 aliphatic carbocycles. The third-order valence-corrected chi connectivity index (χ3v) is 4.08. The van der Waals surface area contributed by atoms with Crippen molar-refractivity contribution in [1.82, 2.24) is 0 Å². The summed E-state index contributed by atoms with van der Waals surface area (Å²) in [7, 11) is 0. The van der Waals surface area contributed by atoms with Gasteiger partial charge in [0, 0.05) is 4.88 Å². The molecule has 76 valence electrons. The molecule has 1 aliphatic rings. The Kier molecular flexibility index (Phi) is 2.75. The number of rotatable bonds is 2. The molecule has 0 radical (unpaired) electrons. The minimum absolute atomic E-state index is 0.345. The minimum Gasteiger partial charge on any atom is -0.384 e. The highest BCUT2D eigenvalue weighted by Gasteiger charge is 2.19. The quantitative estimate of drug-likeness (QED) is 0.737. The number of thiophene rings is 1. The van der Waals surface area contributed by atoms with Gasteiger partial charge in [0.1, 0.15) is 6.10 Å². The number of allylic oxidation sites excluding steroid dienone is 1. The molecule has 0 saturated heterocycles. The van der Waals surface area contributed by atoms with E-state index in [9.17, 15) is 5.11 Å². The van der Waals surface area contributed by atoms with Crippen molar-refractivity contribution in [3.05, 3.63) is 33.0 Å². The molecule has 0 saturated carbocycles. The lowest BCUT2D eigenvalue weighted by Gasteiger charge is -2.11. The third-order valence-electron chi connectivity index (χ3n) is 3.05. The molecule has 1 aromatic heterocycles. The second-order valence-corrected chi connectivity index (χ2v) is 5.03. The molecule has 1 nitrogen and oxygen atoms in total. The van der Waals surface area contributed by atoms with Gasteiger partial charge in [-0.05, 0) is 55.2 Å². The predicted molar refractivity (Wildman–Crippen MR) is 60.7 cm³/mol. The van der Waals surface area contributed by atoms with E-state index >= 15 is 0 Å².